The number of carbonyl (C=O) groups excluding carboxylic acids is 1. The lowest BCUT2D eigenvalue weighted by molar-refractivity contribution is -0.140. The first-order valence-corrected chi connectivity index (χ1v) is 7.33. The van der Waals surface area contributed by atoms with E-state index in [1.807, 2.05) is 0 Å². The minimum absolute atomic E-state index is 0.0000759. The summed E-state index contributed by atoms with van der Waals surface area (Å²) in [6.07, 6.45) is -0.0855. The van der Waals surface area contributed by atoms with Crippen LogP contribution in [0.25, 0.3) is 0 Å². The summed E-state index contributed by atoms with van der Waals surface area (Å²) in [4.78, 5) is 11.0. The zero-order valence-electron chi connectivity index (χ0n) is 10.9. The predicted octanol–water partition coefficient (Wildman–Crippen LogP) is 1.63. The Hall–Kier alpha value is -1.38. The SMILES string of the molecule is COC(=O)CCN(C)S(=O)(=O)Nc1cc(F)cc(Cl)c1. The van der Waals surface area contributed by atoms with Crippen LogP contribution in [-0.4, -0.2) is 39.4 Å². The van der Waals surface area contributed by atoms with Crippen molar-refractivity contribution in [2.75, 3.05) is 25.4 Å². The van der Waals surface area contributed by atoms with Gasteiger partial charge in [0.15, 0.2) is 0 Å². The Kier molecular flexibility index (Phi) is 5.73. The van der Waals surface area contributed by atoms with Gasteiger partial charge in [-0.15, -0.1) is 0 Å². The summed E-state index contributed by atoms with van der Waals surface area (Å²) in [7, 11) is -1.40. The second kappa shape index (κ2) is 6.87. The summed E-state index contributed by atoms with van der Waals surface area (Å²) in [5, 5.41) is 0.0694. The van der Waals surface area contributed by atoms with Crippen LogP contribution in [0.5, 0.6) is 0 Å². The molecule has 0 spiro atoms. The Bertz CT molecular complexity index is 574. The fourth-order valence-electron chi connectivity index (χ4n) is 1.31. The van der Waals surface area contributed by atoms with E-state index in [0.29, 0.717) is 0 Å². The highest BCUT2D eigenvalue weighted by Crippen LogP contribution is 2.19. The van der Waals surface area contributed by atoms with E-state index < -0.39 is 22.0 Å². The van der Waals surface area contributed by atoms with Crippen LogP contribution >= 0.6 is 11.6 Å². The number of anilines is 1. The van der Waals surface area contributed by atoms with Crippen LogP contribution < -0.4 is 4.72 Å². The number of carbonyl (C=O) groups is 1. The van der Waals surface area contributed by atoms with Gasteiger partial charge in [0.2, 0.25) is 0 Å². The number of benzene rings is 1. The highest BCUT2D eigenvalue weighted by atomic mass is 35.5. The van der Waals surface area contributed by atoms with Crippen molar-refractivity contribution in [3.05, 3.63) is 29.0 Å². The van der Waals surface area contributed by atoms with Crippen molar-refractivity contribution in [1.29, 1.82) is 0 Å². The summed E-state index contributed by atoms with van der Waals surface area (Å²) in [6.45, 7) is -0.0644. The molecule has 6 nitrogen and oxygen atoms in total. The Morgan fingerprint density at radius 1 is 1.45 bits per heavy atom. The second-order valence-corrected chi connectivity index (χ2v) is 6.13. The van der Waals surface area contributed by atoms with Gasteiger partial charge in [-0.1, -0.05) is 11.6 Å². The van der Waals surface area contributed by atoms with Gasteiger partial charge in [0.1, 0.15) is 5.82 Å². The van der Waals surface area contributed by atoms with Crippen LogP contribution in [0.4, 0.5) is 10.1 Å². The lowest BCUT2D eigenvalue weighted by Gasteiger charge is -2.17. The minimum atomic E-state index is -3.90. The van der Waals surface area contributed by atoms with Gasteiger partial charge >= 0.3 is 16.2 Å². The third-order valence-corrected chi connectivity index (χ3v) is 4.09. The minimum Gasteiger partial charge on any atom is -0.469 e. The number of nitrogens with zero attached hydrogens (tertiary/aromatic N) is 1. The average molecular weight is 325 g/mol. The third-order valence-electron chi connectivity index (χ3n) is 2.38. The van der Waals surface area contributed by atoms with Crippen molar-refractivity contribution in [3.63, 3.8) is 0 Å². The smallest absolute Gasteiger partial charge is 0.306 e. The van der Waals surface area contributed by atoms with Crippen LogP contribution in [-0.2, 0) is 19.7 Å². The van der Waals surface area contributed by atoms with E-state index in [9.17, 15) is 17.6 Å². The number of rotatable bonds is 6. The molecule has 1 rings (SSSR count). The molecule has 9 heteroatoms. The third kappa shape index (κ3) is 4.95. The lowest BCUT2D eigenvalue weighted by Crippen LogP contribution is -2.34. The van der Waals surface area contributed by atoms with Crippen molar-refractivity contribution in [2.45, 2.75) is 6.42 Å². The standard InChI is InChI=1S/C11H14ClFN2O4S/c1-15(4-3-11(16)19-2)20(17,18)14-10-6-8(12)5-9(13)7-10/h5-7,14H,3-4H2,1-2H3. The van der Waals surface area contributed by atoms with E-state index in [1.54, 1.807) is 0 Å². The van der Waals surface area contributed by atoms with Crippen molar-refractivity contribution >= 4 is 33.5 Å². The highest BCUT2D eigenvalue weighted by molar-refractivity contribution is 7.90. The van der Waals surface area contributed by atoms with Crippen LogP contribution in [0, 0.1) is 5.82 Å². The van der Waals surface area contributed by atoms with Crippen molar-refractivity contribution in [1.82, 2.24) is 4.31 Å². The molecule has 20 heavy (non-hydrogen) atoms. The Morgan fingerprint density at radius 3 is 2.65 bits per heavy atom. The lowest BCUT2D eigenvalue weighted by atomic mass is 10.3. The number of ether oxygens (including phenoxy) is 1. The van der Waals surface area contributed by atoms with Crippen LogP contribution in [0.15, 0.2) is 18.2 Å². The first-order chi connectivity index (χ1) is 9.24. The summed E-state index contributed by atoms with van der Waals surface area (Å²) in [6, 6.07) is 3.33. The zero-order valence-corrected chi connectivity index (χ0v) is 12.5. The summed E-state index contributed by atoms with van der Waals surface area (Å²) in [5.74, 6) is -1.19. The van der Waals surface area contributed by atoms with Gasteiger partial charge in [0, 0.05) is 18.6 Å². The normalized spacial score (nSPS) is 11.4. The molecule has 1 N–H and O–H groups in total. The first-order valence-electron chi connectivity index (χ1n) is 5.51. The zero-order chi connectivity index (χ0) is 15.3. The maximum absolute atomic E-state index is 13.1. The molecule has 0 unspecified atom stereocenters. The van der Waals surface area contributed by atoms with Crippen molar-refractivity contribution in [3.8, 4) is 0 Å². The van der Waals surface area contributed by atoms with E-state index in [2.05, 4.69) is 9.46 Å². The van der Waals surface area contributed by atoms with Gasteiger partial charge in [-0.2, -0.15) is 12.7 Å². The fourth-order valence-corrected chi connectivity index (χ4v) is 2.44. The maximum Gasteiger partial charge on any atom is 0.306 e. The molecule has 0 atom stereocenters. The van der Waals surface area contributed by atoms with E-state index in [-0.39, 0.29) is 23.7 Å². The van der Waals surface area contributed by atoms with Gasteiger partial charge in [0.25, 0.3) is 0 Å². The number of halogens is 2. The summed E-state index contributed by atoms with van der Waals surface area (Å²) >= 11 is 5.63. The Morgan fingerprint density at radius 2 is 2.10 bits per heavy atom. The molecule has 0 aromatic heterocycles. The van der Waals surface area contributed by atoms with Gasteiger partial charge in [0.05, 0.1) is 19.2 Å². The molecule has 0 saturated heterocycles. The highest BCUT2D eigenvalue weighted by Gasteiger charge is 2.19. The number of nitrogens with one attached hydrogen (secondary N) is 1. The molecule has 0 amide bonds. The molecule has 0 aliphatic heterocycles. The summed E-state index contributed by atoms with van der Waals surface area (Å²) < 4.78 is 44.4. The molecule has 0 bridgehead atoms. The fraction of sp³-hybridized carbons (Fsp3) is 0.364. The summed E-state index contributed by atoms with van der Waals surface area (Å²) in [5.41, 5.74) is -0.0000759. The van der Waals surface area contributed by atoms with E-state index in [4.69, 9.17) is 11.6 Å². The molecular formula is C11H14ClFN2O4S. The van der Waals surface area contributed by atoms with Gasteiger partial charge in [-0.3, -0.25) is 9.52 Å². The average Bonchev–Trinajstić information content (AvgIpc) is 2.33. The molecule has 0 aliphatic rings. The Balaban J connectivity index is 2.75. The van der Waals surface area contributed by atoms with Crippen LogP contribution in [0.1, 0.15) is 6.42 Å². The van der Waals surface area contributed by atoms with Gasteiger partial charge < -0.3 is 4.74 Å². The van der Waals surface area contributed by atoms with Gasteiger partial charge in [-0.25, -0.2) is 4.39 Å². The quantitative estimate of drug-likeness (QED) is 0.807. The topological polar surface area (TPSA) is 75.7 Å². The number of hydrogen-bond donors (Lipinski definition) is 1. The molecular weight excluding hydrogens is 311 g/mol. The molecule has 0 saturated carbocycles. The number of hydrogen-bond acceptors (Lipinski definition) is 4. The molecule has 0 heterocycles. The van der Waals surface area contributed by atoms with Gasteiger partial charge in [-0.05, 0) is 18.2 Å². The first kappa shape index (κ1) is 16.7. The molecule has 0 aliphatic carbocycles. The predicted molar refractivity (Wildman–Crippen MR) is 73.2 cm³/mol. The van der Waals surface area contributed by atoms with E-state index in [0.717, 1.165) is 16.4 Å². The van der Waals surface area contributed by atoms with Crippen LogP contribution in [0.3, 0.4) is 0 Å². The molecule has 1 aromatic carbocycles. The van der Waals surface area contributed by atoms with E-state index in [1.165, 1.54) is 20.2 Å². The van der Waals surface area contributed by atoms with E-state index >= 15 is 0 Å². The van der Waals surface area contributed by atoms with Crippen LogP contribution in [0.2, 0.25) is 5.02 Å². The molecule has 112 valence electrons. The Labute approximate surface area is 121 Å². The van der Waals surface area contributed by atoms with Crippen molar-refractivity contribution in [2.24, 2.45) is 0 Å². The number of esters is 1. The monoisotopic (exact) mass is 324 g/mol. The second-order valence-electron chi connectivity index (χ2n) is 3.91. The van der Waals surface area contributed by atoms with Crippen molar-refractivity contribution < 1.29 is 22.3 Å². The number of methoxy groups -OCH3 is 1. The largest absolute Gasteiger partial charge is 0.469 e. The molecule has 0 radical (unpaired) electrons. The maximum atomic E-state index is 13.1. The molecule has 0 fully saturated rings. The molecule has 1 aromatic rings.